The van der Waals surface area contributed by atoms with Gasteiger partial charge in [-0.3, -0.25) is 4.99 Å². The Morgan fingerprint density at radius 1 is 1.12 bits per heavy atom. The normalized spacial score (nSPS) is 25.3. The SMILES string of the molecule is FC(F)(F)c1ccc(C2CCC3(C=NC3)C2)cc1.O=C(O)C(F)(F)F. The molecule has 0 aromatic heterocycles. The summed E-state index contributed by atoms with van der Waals surface area (Å²) in [4.78, 5) is 13.0. The first-order valence-electron chi connectivity index (χ1n) is 7.41. The van der Waals surface area contributed by atoms with E-state index >= 15 is 0 Å². The highest BCUT2D eigenvalue weighted by Crippen LogP contribution is 2.48. The maximum atomic E-state index is 12.5. The van der Waals surface area contributed by atoms with Crippen molar-refractivity contribution in [2.45, 2.75) is 37.5 Å². The molecule has 1 fully saturated rings. The second kappa shape index (κ2) is 6.68. The van der Waals surface area contributed by atoms with Crippen molar-refractivity contribution in [3.05, 3.63) is 35.4 Å². The molecule has 2 unspecified atom stereocenters. The molecule has 1 spiro atoms. The average molecular weight is 367 g/mol. The molecule has 3 rings (SSSR count). The van der Waals surface area contributed by atoms with E-state index in [0.29, 0.717) is 5.92 Å². The van der Waals surface area contributed by atoms with E-state index in [9.17, 15) is 26.3 Å². The molecule has 1 aliphatic heterocycles. The minimum Gasteiger partial charge on any atom is -0.475 e. The van der Waals surface area contributed by atoms with Crippen LogP contribution in [0.2, 0.25) is 0 Å². The van der Waals surface area contributed by atoms with Crippen LogP contribution >= 0.6 is 0 Å². The van der Waals surface area contributed by atoms with Gasteiger partial charge < -0.3 is 5.11 Å². The van der Waals surface area contributed by atoms with Gasteiger partial charge in [-0.05, 0) is 42.9 Å². The number of carbonyl (C=O) groups is 1. The number of carboxylic acids is 1. The van der Waals surface area contributed by atoms with Gasteiger partial charge in [0.05, 0.1) is 5.56 Å². The number of hydrogen-bond donors (Lipinski definition) is 1. The number of halogens is 6. The van der Waals surface area contributed by atoms with E-state index in [1.54, 1.807) is 12.1 Å². The molecule has 1 aromatic rings. The third-order valence-corrected chi connectivity index (χ3v) is 4.37. The van der Waals surface area contributed by atoms with E-state index in [2.05, 4.69) is 4.99 Å². The summed E-state index contributed by atoms with van der Waals surface area (Å²) in [6.07, 6.45) is -4.10. The van der Waals surface area contributed by atoms with Gasteiger partial charge >= 0.3 is 18.3 Å². The fraction of sp³-hybridized carbons (Fsp3) is 0.500. The third-order valence-electron chi connectivity index (χ3n) is 4.37. The Morgan fingerprint density at radius 2 is 1.64 bits per heavy atom. The highest BCUT2D eigenvalue weighted by molar-refractivity contribution is 5.73. The van der Waals surface area contributed by atoms with Crippen LogP contribution in [0.5, 0.6) is 0 Å². The van der Waals surface area contributed by atoms with Crippen LogP contribution in [0.1, 0.15) is 36.3 Å². The molecule has 1 aliphatic carbocycles. The number of carboxylic acid groups (broad SMARTS) is 1. The summed E-state index contributed by atoms with van der Waals surface area (Å²) in [5, 5.41) is 7.12. The van der Waals surface area contributed by atoms with Gasteiger partial charge in [-0.2, -0.15) is 26.3 Å². The van der Waals surface area contributed by atoms with Crippen LogP contribution < -0.4 is 0 Å². The maximum Gasteiger partial charge on any atom is 0.490 e. The standard InChI is InChI=1S/C14H14F3N.C2HF3O2/c15-14(16,17)12-3-1-10(2-4-12)11-5-6-13(7-11)8-18-9-13;3-2(4,5)1(6)7/h1-4,8,11H,5-7,9H2;(H,6,7). The van der Waals surface area contributed by atoms with Gasteiger partial charge in [0, 0.05) is 18.2 Å². The van der Waals surface area contributed by atoms with Crippen molar-refractivity contribution in [3.63, 3.8) is 0 Å². The molecular weight excluding hydrogens is 352 g/mol. The molecule has 138 valence electrons. The summed E-state index contributed by atoms with van der Waals surface area (Å²) in [6.45, 7) is 0.893. The number of benzene rings is 1. The molecule has 1 saturated carbocycles. The van der Waals surface area contributed by atoms with E-state index in [1.807, 2.05) is 6.21 Å². The lowest BCUT2D eigenvalue weighted by Gasteiger charge is -2.29. The smallest absolute Gasteiger partial charge is 0.475 e. The summed E-state index contributed by atoms with van der Waals surface area (Å²) < 4.78 is 69.1. The number of aliphatic imine (C=N–C) groups is 1. The number of alkyl halides is 6. The summed E-state index contributed by atoms with van der Waals surface area (Å²) in [5.74, 6) is -2.37. The Labute approximate surface area is 139 Å². The van der Waals surface area contributed by atoms with Gasteiger partial charge in [-0.15, -0.1) is 0 Å². The lowest BCUT2D eigenvalue weighted by Crippen LogP contribution is -2.30. The Balaban J connectivity index is 0.000000277. The van der Waals surface area contributed by atoms with Gasteiger partial charge in [0.15, 0.2) is 0 Å². The number of aliphatic carboxylic acids is 1. The Kier molecular flexibility index (Phi) is 5.15. The minimum atomic E-state index is -5.08. The van der Waals surface area contributed by atoms with Crippen LogP contribution in [0, 0.1) is 5.41 Å². The van der Waals surface area contributed by atoms with Gasteiger partial charge in [0.25, 0.3) is 0 Å². The summed E-state index contributed by atoms with van der Waals surface area (Å²) in [5.41, 5.74) is 0.720. The van der Waals surface area contributed by atoms with Crippen LogP contribution in [0.3, 0.4) is 0 Å². The highest BCUT2D eigenvalue weighted by Gasteiger charge is 2.42. The molecule has 1 heterocycles. The summed E-state index contributed by atoms with van der Waals surface area (Å²) in [6, 6.07) is 5.63. The Bertz CT molecular complexity index is 650. The van der Waals surface area contributed by atoms with Gasteiger partial charge in [0.1, 0.15) is 0 Å². The average Bonchev–Trinajstić information content (AvgIpc) is 2.92. The molecule has 25 heavy (non-hydrogen) atoms. The molecule has 0 saturated heterocycles. The molecule has 2 atom stereocenters. The van der Waals surface area contributed by atoms with Gasteiger partial charge in [0.2, 0.25) is 0 Å². The van der Waals surface area contributed by atoms with E-state index in [-0.39, 0.29) is 5.41 Å². The third kappa shape index (κ3) is 4.73. The summed E-state index contributed by atoms with van der Waals surface area (Å²) >= 11 is 0. The molecule has 0 amide bonds. The van der Waals surface area contributed by atoms with Gasteiger partial charge in [-0.1, -0.05) is 12.1 Å². The zero-order valence-corrected chi connectivity index (χ0v) is 12.9. The Morgan fingerprint density at radius 3 is 1.96 bits per heavy atom. The van der Waals surface area contributed by atoms with Crippen molar-refractivity contribution >= 4 is 12.2 Å². The molecule has 3 nitrogen and oxygen atoms in total. The summed E-state index contributed by atoms with van der Waals surface area (Å²) in [7, 11) is 0. The quantitative estimate of drug-likeness (QED) is 0.733. The molecule has 2 aliphatic rings. The van der Waals surface area contributed by atoms with E-state index < -0.39 is 23.9 Å². The predicted molar refractivity (Wildman–Crippen MR) is 77.5 cm³/mol. The predicted octanol–water partition coefficient (Wildman–Crippen LogP) is 4.68. The molecular formula is C16H15F6NO2. The first kappa shape index (κ1) is 19.3. The fourth-order valence-corrected chi connectivity index (χ4v) is 3.00. The number of nitrogens with zero attached hydrogens (tertiary/aromatic N) is 1. The molecule has 0 radical (unpaired) electrons. The maximum absolute atomic E-state index is 12.5. The van der Waals surface area contributed by atoms with Crippen LogP contribution in [0.25, 0.3) is 0 Å². The van der Waals surface area contributed by atoms with Crippen molar-refractivity contribution < 1.29 is 36.2 Å². The number of hydrogen-bond acceptors (Lipinski definition) is 2. The van der Waals surface area contributed by atoms with E-state index in [1.165, 1.54) is 12.1 Å². The zero-order chi connectivity index (χ0) is 18.9. The number of rotatable bonds is 1. The molecule has 1 aromatic carbocycles. The zero-order valence-electron chi connectivity index (χ0n) is 12.9. The first-order chi connectivity index (χ1) is 11.4. The molecule has 0 bridgehead atoms. The van der Waals surface area contributed by atoms with Crippen LogP contribution in [-0.2, 0) is 11.0 Å². The molecule has 1 N–H and O–H groups in total. The topological polar surface area (TPSA) is 49.7 Å². The first-order valence-corrected chi connectivity index (χ1v) is 7.41. The minimum absolute atomic E-state index is 0.257. The van der Waals surface area contributed by atoms with Gasteiger partial charge in [-0.25, -0.2) is 4.79 Å². The van der Waals surface area contributed by atoms with Crippen molar-refractivity contribution in [2.75, 3.05) is 6.54 Å². The monoisotopic (exact) mass is 367 g/mol. The van der Waals surface area contributed by atoms with Crippen LogP contribution in [0.15, 0.2) is 29.3 Å². The van der Waals surface area contributed by atoms with Crippen molar-refractivity contribution in [3.8, 4) is 0 Å². The van der Waals surface area contributed by atoms with Crippen LogP contribution in [0.4, 0.5) is 26.3 Å². The lowest BCUT2D eigenvalue weighted by atomic mass is 9.82. The van der Waals surface area contributed by atoms with Crippen molar-refractivity contribution in [2.24, 2.45) is 10.4 Å². The van der Waals surface area contributed by atoms with E-state index in [0.717, 1.165) is 31.4 Å². The van der Waals surface area contributed by atoms with Crippen molar-refractivity contribution in [1.82, 2.24) is 0 Å². The fourth-order valence-electron chi connectivity index (χ4n) is 3.00. The second-order valence-electron chi connectivity index (χ2n) is 6.19. The Hall–Kier alpha value is -2.06. The van der Waals surface area contributed by atoms with Crippen LogP contribution in [-0.4, -0.2) is 30.0 Å². The second-order valence-corrected chi connectivity index (χ2v) is 6.19. The van der Waals surface area contributed by atoms with E-state index in [4.69, 9.17) is 9.90 Å². The lowest BCUT2D eigenvalue weighted by molar-refractivity contribution is -0.192. The molecule has 9 heteroatoms. The van der Waals surface area contributed by atoms with Crippen molar-refractivity contribution in [1.29, 1.82) is 0 Å². The highest BCUT2D eigenvalue weighted by atomic mass is 19.4. The largest absolute Gasteiger partial charge is 0.490 e.